The number of methoxy groups -OCH3 is 1. The molecule has 0 N–H and O–H groups in total. The van der Waals surface area contributed by atoms with Gasteiger partial charge in [-0.1, -0.05) is 18.2 Å². The summed E-state index contributed by atoms with van der Waals surface area (Å²) < 4.78 is 33.0. The van der Waals surface area contributed by atoms with Crippen LogP contribution in [0.2, 0.25) is 0 Å². The molecule has 1 aliphatic carbocycles. The van der Waals surface area contributed by atoms with Crippen molar-refractivity contribution in [1.82, 2.24) is 4.31 Å². The first-order valence-electron chi connectivity index (χ1n) is 8.14. The van der Waals surface area contributed by atoms with Gasteiger partial charge in [0.1, 0.15) is 5.75 Å². The predicted octanol–water partition coefficient (Wildman–Crippen LogP) is 3.67. The predicted molar refractivity (Wildman–Crippen MR) is 94.7 cm³/mol. The van der Waals surface area contributed by atoms with Crippen LogP contribution in [0.25, 0.3) is 0 Å². The summed E-state index contributed by atoms with van der Waals surface area (Å²) in [5.41, 5.74) is 3.06. The highest BCUT2D eigenvalue weighted by Crippen LogP contribution is 2.34. The molecule has 2 aromatic rings. The maximum Gasteiger partial charge on any atom is 0.243 e. The van der Waals surface area contributed by atoms with Crippen molar-refractivity contribution in [3.63, 3.8) is 0 Å². The lowest BCUT2D eigenvalue weighted by Crippen LogP contribution is -2.32. The quantitative estimate of drug-likeness (QED) is 0.802. The van der Waals surface area contributed by atoms with Crippen LogP contribution < -0.4 is 4.74 Å². The Morgan fingerprint density at radius 2 is 1.71 bits per heavy atom. The SMILES string of the molecule is COc1ccc(CN(C2CC2)S(=O)(=O)c2ccc(C)c(C)c2)cc1. The fraction of sp³-hybridized carbons (Fsp3) is 0.368. The zero-order valence-corrected chi connectivity index (χ0v) is 15.1. The molecule has 3 rings (SSSR count). The second kappa shape index (κ2) is 6.57. The Bertz CT molecular complexity index is 824. The van der Waals surface area contributed by atoms with E-state index in [1.807, 2.05) is 44.2 Å². The van der Waals surface area contributed by atoms with Crippen molar-refractivity contribution < 1.29 is 13.2 Å². The van der Waals surface area contributed by atoms with Gasteiger partial charge in [-0.15, -0.1) is 0 Å². The number of nitrogens with zero attached hydrogens (tertiary/aromatic N) is 1. The summed E-state index contributed by atoms with van der Waals surface area (Å²) in [4.78, 5) is 0.381. The molecule has 128 valence electrons. The van der Waals surface area contributed by atoms with E-state index < -0.39 is 10.0 Å². The molecule has 0 saturated heterocycles. The monoisotopic (exact) mass is 345 g/mol. The van der Waals surface area contributed by atoms with E-state index in [9.17, 15) is 8.42 Å². The molecule has 1 fully saturated rings. The Kier molecular flexibility index (Phi) is 4.65. The van der Waals surface area contributed by atoms with E-state index in [2.05, 4.69) is 0 Å². The van der Waals surface area contributed by atoms with Gasteiger partial charge in [0, 0.05) is 12.6 Å². The van der Waals surface area contributed by atoms with Crippen LogP contribution in [0, 0.1) is 13.8 Å². The van der Waals surface area contributed by atoms with Crippen molar-refractivity contribution >= 4 is 10.0 Å². The molecule has 0 spiro atoms. The van der Waals surface area contributed by atoms with Crippen molar-refractivity contribution in [3.8, 4) is 5.75 Å². The number of hydrogen-bond donors (Lipinski definition) is 0. The van der Waals surface area contributed by atoms with E-state index >= 15 is 0 Å². The highest BCUT2D eigenvalue weighted by molar-refractivity contribution is 7.89. The number of benzene rings is 2. The summed E-state index contributed by atoms with van der Waals surface area (Å²) in [6, 6.07) is 13.0. The van der Waals surface area contributed by atoms with Gasteiger partial charge < -0.3 is 4.74 Å². The minimum atomic E-state index is -3.49. The first-order chi connectivity index (χ1) is 11.4. The molecule has 0 amide bonds. The molecule has 0 bridgehead atoms. The largest absolute Gasteiger partial charge is 0.497 e. The van der Waals surface area contributed by atoms with Crippen LogP contribution in [0.1, 0.15) is 29.5 Å². The Balaban J connectivity index is 1.90. The molecule has 4 nitrogen and oxygen atoms in total. The molecule has 0 unspecified atom stereocenters. The highest BCUT2D eigenvalue weighted by atomic mass is 32.2. The minimum absolute atomic E-state index is 0.110. The van der Waals surface area contributed by atoms with Crippen molar-refractivity contribution in [2.24, 2.45) is 0 Å². The lowest BCUT2D eigenvalue weighted by molar-refractivity contribution is 0.397. The third kappa shape index (κ3) is 3.47. The van der Waals surface area contributed by atoms with E-state index in [1.165, 1.54) is 0 Å². The van der Waals surface area contributed by atoms with E-state index in [4.69, 9.17) is 4.74 Å². The Morgan fingerprint density at radius 1 is 1.04 bits per heavy atom. The average molecular weight is 345 g/mol. The van der Waals surface area contributed by atoms with E-state index in [-0.39, 0.29) is 6.04 Å². The first-order valence-corrected chi connectivity index (χ1v) is 9.58. The second-order valence-corrected chi connectivity index (χ2v) is 8.27. The lowest BCUT2D eigenvalue weighted by Gasteiger charge is -2.22. The number of hydrogen-bond acceptors (Lipinski definition) is 3. The lowest BCUT2D eigenvalue weighted by atomic mass is 10.1. The Morgan fingerprint density at radius 3 is 2.25 bits per heavy atom. The average Bonchev–Trinajstić information content (AvgIpc) is 3.40. The van der Waals surface area contributed by atoms with E-state index in [0.717, 1.165) is 35.3 Å². The van der Waals surface area contributed by atoms with Gasteiger partial charge in [0.15, 0.2) is 0 Å². The summed E-state index contributed by atoms with van der Waals surface area (Å²) in [7, 11) is -1.87. The van der Waals surface area contributed by atoms with Crippen LogP contribution in [0.3, 0.4) is 0 Å². The first kappa shape index (κ1) is 17.0. The fourth-order valence-corrected chi connectivity index (χ4v) is 4.45. The van der Waals surface area contributed by atoms with Gasteiger partial charge in [0.25, 0.3) is 0 Å². The van der Waals surface area contributed by atoms with Crippen LogP contribution in [0.15, 0.2) is 47.4 Å². The minimum Gasteiger partial charge on any atom is -0.497 e. The topological polar surface area (TPSA) is 46.6 Å². The zero-order chi connectivity index (χ0) is 17.3. The molecule has 1 saturated carbocycles. The van der Waals surface area contributed by atoms with E-state index in [0.29, 0.717) is 11.4 Å². The third-order valence-corrected chi connectivity index (χ3v) is 6.43. The molecule has 24 heavy (non-hydrogen) atoms. The third-order valence-electron chi connectivity index (χ3n) is 4.54. The maximum atomic E-state index is 13.1. The molecule has 0 atom stereocenters. The summed E-state index contributed by atoms with van der Waals surface area (Å²) >= 11 is 0. The van der Waals surface area contributed by atoms with E-state index in [1.54, 1.807) is 23.5 Å². The molecule has 0 aromatic heterocycles. The van der Waals surface area contributed by atoms with Gasteiger partial charge in [-0.3, -0.25) is 0 Å². The molecule has 0 aliphatic heterocycles. The number of ether oxygens (including phenoxy) is 1. The highest BCUT2D eigenvalue weighted by Gasteiger charge is 2.38. The summed E-state index contributed by atoms with van der Waals surface area (Å²) in [5, 5.41) is 0. The molecular formula is C19H23NO3S. The van der Waals surface area contributed by atoms with Crippen LogP contribution in [0.4, 0.5) is 0 Å². The zero-order valence-electron chi connectivity index (χ0n) is 14.3. The Hall–Kier alpha value is -1.85. The second-order valence-electron chi connectivity index (χ2n) is 6.38. The summed E-state index contributed by atoms with van der Waals surface area (Å²) in [5.74, 6) is 0.772. The smallest absolute Gasteiger partial charge is 0.243 e. The summed E-state index contributed by atoms with van der Waals surface area (Å²) in [6.45, 7) is 4.32. The van der Waals surface area contributed by atoms with Gasteiger partial charge in [-0.05, 0) is 67.6 Å². The van der Waals surface area contributed by atoms with Crippen molar-refractivity contribution in [1.29, 1.82) is 0 Å². The molecule has 1 aliphatic rings. The van der Waals surface area contributed by atoms with Gasteiger partial charge in [0.05, 0.1) is 12.0 Å². The number of aryl methyl sites for hydroxylation is 2. The summed E-state index contributed by atoms with van der Waals surface area (Å²) in [6.07, 6.45) is 1.86. The molecule has 0 heterocycles. The van der Waals surface area contributed by atoms with Crippen molar-refractivity contribution in [2.75, 3.05) is 7.11 Å². The normalized spacial score (nSPS) is 14.8. The van der Waals surface area contributed by atoms with Crippen molar-refractivity contribution in [3.05, 3.63) is 59.2 Å². The molecule has 0 radical (unpaired) electrons. The molecule has 2 aromatic carbocycles. The van der Waals surface area contributed by atoms with Crippen LogP contribution >= 0.6 is 0 Å². The van der Waals surface area contributed by atoms with Crippen molar-refractivity contribution in [2.45, 2.75) is 44.2 Å². The van der Waals surface area contributed by atoms with Crippen LogP contribution in [-0.4, -0.2) is 25.9 Å². The van der Waals surface area contributed by atoms with Gasteiger partial charge in [-0.2, -0.15) is 4.31 Å². The van der Waals surface area contributed by atoms with Crippen LogP contribution in [-0.2, 0) is 16.6 Å². The molecule has 5 heteroatoms. The van der Waals surface area contributed by atoms with Gasteiger partial charge >= 0.3 is 0 Å². The fourth-order valence-electron chi connectivity index (χ4n) is 2.69. The molecular weight excluding hydrogens is 322 g/mol. The standard InChI is InChI=1S/C19H23NO3S/c1-14-4-11-19(12-15(14)2)24(21,22)20(17-7-8-17)13-16-5-9-18(23-3)10-6-16/h4-6,9-12,17H,7-8,13H2,1-3H3. The maximum absolute atomic E-state index is 13.1. The van der Waals surface area contributed by atoms with Gasteiger partial charge in [0.2, 0.25) is 10.0 Å². The number of rotatable bonds is 6. The van der Waals surface area contributed by atoms with Crippen LogP contribution in [0.5, 0.6) is 5.75 Å². The Labute approximate surface area is 144 Å². The van der Waals surface area contributed by atoms with Gasteiger partial charge in [-0.25, -0.2) is 8.42 Å². The number of sulfonamides is 1.